The number of hydrogen-bond donors (Lipinski definition) is 0. The van der Waals surface area contributed by atoms with Crippen LogP contribution in [0.3, 0.4) is 0 Å². The Bertz CT molecular complexity index is 130. The van der Waals surface area contributed by atoms with Gasteiger partial charge in [0.05, 0.1) is 13.1 Å². The van der Waals surface area contributed by atoms with Crippen LogP contribution in [0.1, 0.15) is 26.7 Å². The Labute approximate surface area is 85.7 Å². The molecule has 0 amide bonds. The van der Waals surface area contributed by atoms with Gasteiger partial charge < -0.3 is 41.5 Å². The van der Waals surface area contributed by atoms with E-state index in [0.717, 1.165) is 25.9 Å². The van der Waals surface area contributed by atoms with E-state index < -0.39 is 0 Å². The van der Waals surface area contributed by atoms with E-state index in [1.54, 1.807) is 0 Å². The summed E-state index contributed by atoms with van der Waals surface area (Å²) in [6, 6.07) is 0. The van der Waals surface area contributed by atoms with E-state index in [1.807, 2.05) is 0 Å². The van der Waals surface area contributed by atoms with Gasteiger partial charge >= 0.3 is 0 Å². The molecule has 0 rings (SSSR count). The van der Waals surface area contributed by atoms with Crippen molar-refractivity contribution < 1.29 is 3.89 Å². The zero-order valence-corrected chi connectivity index (χ0v) is 9.45. The summed E-state index contributed by atoms with van der Waals surface area (Å²) < 4.78 is 0.890. The highest BCUT2D eigenvalue weighted by Gasteiger charge is 2.09. The summed E-state index contributed by atoms with van der Waals surface area (Å²) in [6.45, 7) is 5.99. The molecule has 0 spiro atoms. The second-order valence-corrected chi connectivity index (χ2v) is 4.33. The highest BCUT2D eigenvalue weighted by Crippen LogP contribution is 2.08. The lowest BCUT2D eigenvalue weighted by Gasteiger charge is -2.47. The average molecular weight is 208 g/mol. The summed E-state index contributed by atoms with van der Waals surface area (Å²) in [5.74, 6) is 0. The van der Waals surface area contributed by atoms with Crippen molar-refractivity contribution in [3.05, 3.63) is 0 Å². The van der Waals surface area contributed by atoms with Crippen LogP contribution in [0.4, 0.5) is 0 Å². The predicted molar refractivity (Wildman–Crippen MR) is 57.9 cm³/mol. The van der Waals surface area contributed by atoms with Crippen molar-refractivity contribution in [3.8, 4) is 0 Å². The van der Waals surface area contributed by atoms with Gasteiger partial charge in [0.2, 0.25) is 0 Å². The van der Waals surface area contributed by atoms with E-state index in [9.17, 15) is 0 Å². The molecular formula is C7H14NS3-. The van der Waals surface area contributed by atoms with E-state index in [0.29, 0.717) is 8.21 Å². The molecule has 1 nitrogen and oxygen atoms in total. The Balaban J connectivity index is 4.13. The van der Waals surface area contributed by atoms with Crippen molar-refractivity contribution in [2.45, 2.75) is 26.7 Å². The quantitative estimate of drug-likeness (QED) is 0.393. The van der Waals surface area contributed by atoms with Crippen molar-refractivity contribution in [1.82, 2.24) is 0 Å². The van der Waals surface area contributed by atoms with Gasteiger partial charge in [0.1, 0.15) is 0 Å². The van der Waals surface area contributed by atoms with Gasteiger partial charge in [-0.2, -0.15) is 0 Å². The fourth-order valence-electron chi connectivity index (χ4n) is 1.02. The summed E-state index contributed by atoms with van der Waals surface area (Å²) in [6.07, 6.45) is 2.08. The Hall–Kier alpha value is 0.620. The molecule has 0 unspecified atom stereocenters. The number of thiocarbonyl (C=S) groups is 1. The van der Waals surface area contributed by atoms with Gasteiger partial charge in [0, 0.05) is 4.32 Å². The van der Waals surface area contributed by atoms with Gasteiger partial charge in [-0.05, 0) is 12.8 Å². The van der Waals surface area contributed by atoms with Crippen molar-refractivity contribution in [2.75, 3.05) is 13.1 Å². The third-order valence-corrected chi connectivity index (χ3v) is 2.98. The Morgan fingerprint density at radius 1 is 1.27 bits per heavy atom. The van der Waals surface area contributed by atoms with Crippen LogP contribution in [-0.2, 0) is 25.4 Å². The molecule has 0 aliphatic heterocycles. The van der Waals surface area contributed by atoms with Gasteiger partial charge in [-0.15, -0.1) is 0 Å². The number of rotatable bonds is 4. The number of hydrogen-bond acceptors (Lipinski definition) is 3. The van der Waals surface area contributed by atoms with Crippen molar-refractivity contribution in [1.29, 1.82) is 0 Å². The molecule has 66 valence electrons. The van der Waals surface area contributed by atoms with E-state index in [2.05, 4.69) is 13.8 Å². The molecule has 0 saturated heterocycles. The van der Waals surface area contributed by atoms with Gasteiger partial charge in [0.25, 0.3) is 0 Å². The van der Waals surface area contributed by atoms with E-state index in [-0.39, 0.29) is 0 Å². The number of quaternary nitrogens is 1. The van der Waals surface area contributed by atoms with Gasteiger partial charge in [-0.1, -0.05) is 13.8 Å². The average Bonchev–Trinajstić information content (AvgIpc) is 1.88. The van der Waals surface area contributed by atoms with Crippen LogP contribution in [0.5, 0.6) is 0 Å². The summed E-state index contributed by atoms with van der Waals surface area (Å²) in [7, 11) is 0. The maximum atomic E-state index is 5.32. The monoisotopic (exact) mass is 208 g/mol. The van der Waals surface area contributed by atoms with E-state index in [4.69, 9.17) is 37.7 Å². The van der Waals surface area contributed by atoms with Crippen LogP contribution in [0.15, 0.2) is 0 Å². The first kappa shape index (κ1) is 11.6. The zero-order chi connectivity index (χ0) is 8.91. The minimum atomic E-state index is 0.373. The molecule has 0 radical (unpaired) electrons. The molecule has 0 fully saturated rings. The lowest BCUT2D eigenvalue weighted by atomic mass is 10.4. The molecule has 0 aromatic rings. The molecular weight excluding hydrogens is 194 g/mol. The minimum absolute atomic E-state index is 0.373. The molecule has 0 N–H and O–H groups in total. The third-order valence-electron chi connectivity index (χ3n) is 1.50. The molecule has 0 bridgehead atoms. The Morgan fingerprint density at radius 3 is 1.82 bits per heavy atom. The summed E-state index contributed by atoms with van der Waals surface area (Å²) in [4.78, 5) is 0. The third kappa shape index (κ3) is 3.69. The molecule has 0 aliphatic carbocycles. The maximum Gasteiger partial charge on any atom is 0.0654 e. The molecule has 11 heavy (non-hydrogen) atoms. The molecule has 0 atom stereocenters. The number of nitrogens with zero attached hydrogens (tertiary/aromatic N) is 1. The first-order valence-electron chi connectivity index (χ1n) is 3.86. The van der Waals surface area contributed by atoms with Crippen LogP contribution in [0, 0.1) is 0 Å². The van der Waals surface area contributed by atoms with Crippen molar-refractivity contribution in [2.24, 2.45) is 0 Å². The lowest BCUT2D eigenvalue weighted by molar-refractivity contribution is -0.690. The second-order valence-electron chi connectivity index (χ2n) is 2.60. The smallest absolute Gasteiger partial charge is 0.0654 e. The highest BCUT2D eigenvalue weighted by molar-refractivity contribution is 8.00. The Kier molecular flexibility index (Phi) is 5.60. The standard InChI is InChI=1S/C7H15NS3/c1-3-5-8(11,6-4-2)7(9)10/h3-6H2,1-2H3,(H,9,10)/p-1. The zero-order valence-electron chi connectivity index (χ0n) is 7.00. The fraction of sp³-hybridized carbons (Fsp3) is 0.857. The molecule has 0 aliphatic rings. The molecule has 0 saturated carbocycles. The van der Waals surface area contributed by atoms with Gasteiger partial charge in [-0.3, -0.25) is 0 Å². The minimum Gasteiger partial charge on any atom is -0.489 e. The normalized spacial score (nSPS) is 11.5. The van der Waals surface area contributed by atoms with Crippen LogP contribution in [0.25, 0.3) is 0 Å². The van der Waals surface area contributed by atoms with Crippen LogP contribution in [0.2, 0.25) is 0 Å². The molecule has 0 heterocycles. The van der Waals surface area contributed by atoms with Crippen molar-refractivity contribution >= 4 is 42.0 Å². The molecule has 0 aromatic heterocycles. The van der Waals surface area contributed by atoms with Gasteiger partial charge in [0.15, 0.2) is 0 Å². The topological polar surface area (TPSA) is 0 Å². The van der Waals surface area contributed by atoms with Crippen LogP contribution in [-0.4, -0.2) is 21.3 Å². The largest absolute Gasteiger partial charge is 0.489 e. The van der Waals surface area contributed by atoms with Crippen molar-refractivity contribution in [3.63, 3.8) is 0 Å². The Morgan fingerprint density at radius 2 is 1.64 bits per heavy atom. The summed E-state index contributed by atoms with van der Waals surface area (Å²) in [5, 5.41) is 0. The SMILES string of the molecule is CCC[N+]([S-])(CCC)C(=S)[S-]. The van der Waals surface area contributed by atoms with Crippen LogP contribution < -0.4 is 0 Å². The second kappa shape index (κ2) is 5.30. The summed E-state index contributed by atoms with van der Waals surface area (Å²) in [5.41, 5.74) is 0. The molecule has 0 aromatic carbocycles. The maximum absolute atomic E-state index is 5.32. The van der Waals surface area contributed by atoms with Gasteiger partial charge in [-0.25, -0.2) is 0 Å². The summed E-state index contributed by atoms with van der Waals surface area (Å²) >= 11 is 15.2. The highest BCUT2D eigenvalue weighted by atomic mass is 32.1. The first-order valence-corrected chi connectivity index (χ1v) is 5.04. The van der Waals surface area contributed by atoms with E-state index >= 15 is 0 Å². The lowest BCUT2D eigenvalue weighted by Crippen LogP contribution is -2.46. The predicted octanol–water partition coefficient (Wildman–Crippen LogP) is 1.92. The fourth-order valence-corrected chi connectivity index (χ4v) is 1.75. The first-order chi connectivity index (χ1) is 5.06. The van der Waals surface area contributed by atoms with Crippen LogP contribution >= 0.6 is 12.2 Å². The van der Waals surface area contributed by atoms with E-state index in [1.165, 1.54) is 0 Å². The molecule has 4 heteroatoms.